The summed E-state index contributed by atoms with van der Waals surface area (Å²) in [6, 6.07) is 0. The van der Waals surface area contributed by atoms with E-state index in [0.29, 0.717) is 16.9 Å². The number of carbonyl (C=O) groups excluding carboxylic acids is 1. The third-order valence-corrected chi connectivity index (χ3v) is 1.81. The molecule has 2 rings (SSSR count). The average Bonchev–Trinajstić information content (AvgIpc) is 2.76. The molecule has 0 unspecified atom stereocenters. The number of rotatable bonds is 1. The minimum absolute atomic E-state index is 0. The van der Waals surface area contributed by atoms with Crippen molar-refractivity contribution in [2.75, 3.05) is 5.32 Å². The number of amides is 1. The van der Waals surface area contributed by atoms with Crippen LogP contribution in [0.15, 0.2) is 12.4 Å². The van der Waals surface area contributed by atoms with Gasteiger partial charge >= 0.3 is 0 Å². The fourth-order valence-corrected chi connectivity index (χ4v) is 1.26. The number of hydrogen-bond donors (Lipinski definition) is 2. The monoisotopic (exact) mass is 282 g/mol. The van der Waals surface area contributed by atoms with Crippen molar-refractivity contribution in [3.63, 3.8) is 0 Å². The van der Waals surface area contributed by atoms with Crippen molar-refractivity contribution in [2.45, 2.75) is 56.4 Å². The van der Waals surface area contributed by atoms with Gasteiger partial charge in [-0.05, 0) is 6.92 Å². The van der Waals surface area contributed by atoms with Crippen LogP contribution in [0, 0.1) is 6.92 Å². The molecule has 0 saturated heterocycles. The summed E-state index contributed by atoms with van der Waals surface area (Å²) in [5.41, 5.74) is 2.87. The van der Waals surface area contributed by atoms with E-state index in [1.807, 2.05) is 34.6 Å². The molecule has 20 heavy (non-hydrogen) atoms. The van der Waals surface area contributed by atoms with Gasteiger partial charge in [0, 0.05) is 13.1 Å². The lowest BCUT2D eigenvalue weighted by molar-refractivity contribution is -0.114. The second kappa shape index (κ2) is 12.1. The summed E-state index contributed by atoms with van der Waals surface area (Å²) >= 11 is 0. The first-order valence-corrected chi connectivity index (χ1v) is 6.25. The van der Waals surface area contributed by atoms with E-state index in [9.17, 15) is 4.79 Å². The molecule has 2 aromatic heterocycles. The Kier molecular flexibility index (Phi) is 14.1. The zero-order valence-corrected chi connectivity index (χ0v) is 12.0. The Morgan fingerprint density at radius 3 is 2.25 bits per heavy atom. The summed E-state index contributed by atoms with van der Waals surface area (Å²) in [5, 5.41) is 2.68. The van der Waals surface area contributed by atoms with Crippen LogP contribution in [0.1, 0.15) is 55.2 Å². The molecule has 5 nitrogen and oxygen atoms in total. The normalized spacial score (nSPS) is 7.90. The van der Waals surface area contributed by atoms with Gasteiger partial charge in [-0.1, -0.05) is 42.5 Å². The van der Waals surface area contributed by atoms with Gasteiger partial charge < -0.3 is 10.3 Å². The SMILES string of the molecule is C.C.CC.CC.CC(=O)Nc1c[nH]c2ncc(C)nc12. The lowest BCUT2D eigenvalue weighted by Crippen LogP contribution is -2.05. The number of fused-ring (bicyclic) bond motifs is 1. The van der Waals surface area contributed by atoms with E-state index < -0.39 is 0 Å². The van der Waals surface area contributed by atoms with E-state index in [4.69, 9.17) is 0 Å². The van der Waals surface area contributed by atoms with Gasteiger partial charge in [-0.25, -0.2) is 9.97 Å². The smallest absolute Gasteiger partial charge is 0.221 e. The van der Waals surface area contributed by atoms with Crippen molar-refractivity contribution in [2.24, 2.45) is 0 Å². The largest absolute Gasteiger partial charge is 0.343 e. The number of anilines is 1. The number of H-pyrrole nitrogens is 1. The number of aryl methyl sites for hydroxylation is 1. The fraction of sp³-hybridized carbons (Fsp3) is 0.533. The van der Waals surface area contributed by atoms with Crippen molar-refractivity contribution in [3.8, 4) is 0 Å². The molecular weight excluding hydrogens is 252 g/mol. The van der Waals surface area contributed by atoms with Crippen LogP contribution in [-0.4, -0.2) is 20.9 Å². The Bertz CT molecular complexity index is 492. The number of aromatic nitrogens is 3. The van der Waals surface area contributed by atoms with Crippen LogP contribution in [0.4, 0.5) is 5.69 Å². The zero-order chi connectivity index (χ0) is 14.1. The Labute approximate surface area is 123 Å². The Balaban J connectivity index is -0.000000444. The van der Waals surface area contributed by atoms with Crippen LogP contribution in [0.3, 0.4) is 0 Å². The molecule has 0 radical (unpaired) electrons. The van der Waals surface area contributed by atoms with Crippen LogP contribution in [0.25, 0.3) is 11.2 Å². The second-order valence-electron chi connectivity index (χ2n) is 3.09. The highest BCUT2D eigenvalue weighted by atomic mass is 16.1. The molecule has 2 heterocycles. The standard InChI is InChI=1S/C9H10N4O.2C2H6.2CH4/c1-5-3-10-9-8(12-5)7(4-11-9)13-6(2)14;2*1-2;;/h3-4H,1-2H3,(H,10,11)(H,13,14);2*1-2H3;2*1H4. The predicted molar refractivity (Wildman–Crippen MR) is 89.1 cm³/mol. The number of carbonyl (C=O) groups is 1. The summed E-state index contributed by atoms with van der Waals surface area (Å²) in [6.07, 6.45) is 3.36. The fourth-order valence-electron chi connectivity index (χ4n) is 1.26. The van der Waals surface area contributed by atoms with Crippen molar-refractivity contribution in [1.82, 2.24) is 15.0 Å². The summed E-state index contributed by atoms with van der Waals surface area (Å²) in [6.45, 7) is 11.3. The highest BCUT2D eigenvalue weighted by Gasteiger charge is 2.06. The van der Waals surface area contributed by atoms with E-state index >= 15 is 0 Å². The maximum atomic E-state index is 10.9. The van der Waals surface area contributed by atoms with Crippen LogP contribution in [0.5, 0.6) is 0 Å². The van der Waals surface area contributed by atoms with Crippen molar-refractivity contribution >= 4 is 22.8 Å². The van der Waals surface area contributed by atoms with Gasteiger partial charge in [0.2, 0.25) is 5.91 Å². The molecule has 1 amide bonds. The number of aromatic amines is 1. The summed E-state index contributed by atoms with van der Waals surface area (Å²) < 4.78 is 0. The molecule has 0 atom stereocenters. The van der Waals surface area contributed by atoms with Crippen LogP contribution in [-0.2, 0) is 4.79 Å². The first-order valence-electron chi connectivity index (χ1n) is 6.25. The predicted octanol–water partition coefficient (Wildman–Crippen LogP) is 4.55. The zero-order valence-electron chi connectivity index (χ0n) is 12.0. The Morgan fingerprint density at radius 2 is 1.75 bits per heavy atom. The third kappa shape index (κ3) is 6.31. The van der Waals surface area contributed by atoms with Crippen molar-refractivity contribution < 1.29 is 4.79 Å². The molecule has 2 N–H and O–H groups in total. The lowest BCUT2D eigenvalue weighted by atomic mass is 10.4. The molecule has 0 aliphatic heterocycles. The Morgan fingerprint density at radius 1 is 1.20 bits per heavy atom. The van der Waals surface area contributed by atoms with Crippen molar-refractivity contribution in [3.05, 3.63) is 18.1 Å². The molecule has 0 bridgehead atoms. The maximum Gasteiger partial charge on any atom is 0.221 e. The number of nitrogens with zero attached hydrogens (tertiary/aromatic N) is 2. The second-order valence-corrected chi connectivity index (χ2v) is 3.09. The quantitative estimate of drug-likeness (QED) is 0.806. The van der Waals surface area contributed by atoms with Gasteiger partial charge in [0.15, 0.2) is 5.65 Å². The van der Waals surface area contributed by atoms with Gasteiger partial charge in [0.05, 0.1) is 17.6 Å². The number of hydrogen-bond acceptors (Lipinski definition) is 3. The first-order chi connectivity index (χ1) is 8.66. The van der Waals surface area contributed by atoms with Gasteiger partial charge in [0.25, 0.3) is 0 Å². The topological polar surface area (TPSA) is 70.7 Å². The van der Waals surface area contributed by atoms with E-state index in [1.165, 1.54) is 6.92 Å². The van der Waals surface area contributed by atoms with Crippen LogP contribution < -0.4 is 5.32 Å². The Hall–Kier alpha value is -1.91. The van der Waals surface area contributed by atoms with Crippen LogP contribution >= 0.6 is 0 Å². The molecule has 0 saturated carbocycles. The average molecular weight is 282 g/mol. The molecule has 0 aliphatic rings. The van der Waals surface area contributed by atoms with E-state index in [2.05, 4.69) is 20.3 Å². The molecule has 0 fully saturated rings. The van der Waals surface area contributed by atoms with Gasteiger partial charge in [-0.2, -0.15) is 0 Å². The summed E-state index contributed by atoms with van der Waals surface area (Å²) in [5.74, 6) is -0.116. The molecule has 2 aromatic rings. The van der Waals surface area contributed by atoms with Crippen LogP contribution in [0.2, 0.25) is 0 Å². The maximum absolute atomic E-state index is 10.9. The summed E-state index contributed by atoms with van der Waals surface area (Å²) in [4.78, 5) is 22.2. The minimum Gasteiger partial charge on any atom is -0.343 e. The molecule has 5 heteroatoms. The molecule has 0 spiro atoms. The molecular formula is C15H30N4O. The van der Waals surface area contributed by atoms with E-state index in [0.717, 1.165) is 5.69 Å². The highest BCUT2D eigenvalue weighted by molar-refractivity contribution is 5.97. The molecule has 116 valence electrons. The number of nitrogens with one attached hydrogen (secondary N) is 2. The third-order valence-electron chi connectivity index (χ3n) is 1.81. The van der Waals surface area contributed by atoms with Gasteiger partial charge in [-0.15, -0.1) is 0 Å². The summed E-state index contributed by atoms with van der Waals surface area (Å²) in [7, 11) is 0. The van der Waals surface area contributed by atoms with Gasteiger partial charge in [0.1, 0.15) is 5.52 Å². The molecule has 0 aliphatic carbocycles. The lowest BCUT2D eigenvalue weighted by Gasteiger charge is -1.98. The van der Waals surface area contributed by atoms with Gasteiger partial charge in [-0.3, -0.25) is 4.79 Å². The minimum atomic E-state index is -0.116. The highest BCUT2D eigenvalue weighted by Crippen LogP contribution is 2.18. The van der Waals surface area contributed by atoms with E-state index in [-0.39, 0.29) is 20.8 Å². The van der Waals surface area contributed by atoms with E-state index in [1.54, 1.807) is 12.4 Å². The first kappa shape index (κ1) is 23.2. The molecule has 0 aromatic carbocycles. The van der Waals surface area contributed by atoms with Crippen molar-refractivity contribution in [1.29, 1.82) is 0 Å².